The van der Waals surface area contributed by atoms with Gasteiger partial charge in [0.05, 0.1) is 12.3 Å². The van der Waals surface area contributed by atoms with Crippen molar-refractivity contribution in [2.75, 3.05) is 11.9 Å². The Kier molecular flexibility index (Phi) is 6.58. The topological polar surface area (TPSA) is 95.2 Å². The first-order valence-electron chi connectivity index (χ1n) is 10.4. The van der Waals surface area contributed by atoms with Gasteiger partial charge in [-0.25, -0.2) is 9.78 Å². The highest BCUT2D eigenvalue weighted by atomic mass is 16.5. The third-order valence-electron chi connectivity index (χ3n) is 5.24. The van der Waals surface area contributed by atoms with E-state index in [2.05, 4.69) is 17.2 Å². The zero-order chi connectivity index (χ0) is 22.7. The molecule has 0 spiro atoms. The molecule has 0 aliphatic carbocycles. The number of unbranched alkanes of at least 4 members (excludes halogenated alkanes) is 1. The maximum atomic E-state index is 13.0. The molecule has 1 N–H and O–H groups in total. The summed E-state index contributed by atoms with van der Waals surface area (Å²) in [4.78, 5) is 42.6. The number of pyridine rings is 1. The molecule has 0 aliphatic rings. The lowest BCUT2D eigenvalue weighted by Gasteiger charge is -2.17. The molecule has 0 aliphatic heterocycles. The van der Waals surface area contributed by atoms with E-state index in [1.54, 1.807) is 37.5 Å². The Balaban J connectivity index is 2.04. The number of amides is 1. The third kappa shape index (κ3) is 4.38. The van der Waals surface area contributed by atoms with E-state index in [0.29, 0.717) is 23.6 Å². The quantitative estimate of drug-likeness (QED) is 0.588. The summed E-state index contributed by atoms with van der Waals surface area (Å²) in [5.74, 6) is 0.347. The number of hydrogen-bond donors (Lipinski definition) is 1. The second kappa shape index (κ2) is 9.16. The molecule has 0 saturated heterocycles. The number of aromatic nitrogens is 3. The summed E-state index contributed by atoms with van der Waals surface area (Å²) < 4.78 is 7.97. The Morgan fingerprint density at radius 2 is 1.81 bits per heavy atom. The van der Waals surface area contributed by atoms with E-state index >= 15 is 0 Å². The SMILES string of the molecule is CCCCOc1ccc(C(=O)Nc2c(C(C)C)cnc3c2c(=O)n(C)c(=O)n3C)cc1. The molecule has 0 bridgehead atoms. The maximum absolute atomic E-state index is 13.0. The molecule has 1 aromatic carbocycles. The molecule has 164 valence electrons. The first-order valence-corrected chi connectivity index (χ1v) is 10.4. The van der Waals surface area contributed by atoms with Gasteiger partial charge in [0.25, 0.3) is 11.5 Å². The van der Waals surface area contributed by atoms with E-state index in [9.17, 15) is 14.4 Å². The first-order chi connectivity index (χ1) is 14.8. The molecule has 0 fully saturated rings. The number of ether oxygens (including phenoxy) is 1. The van der Waals surface area contributed by atoms with Gasteiger partial charge in [0, 0.05) is 25.9 Å². The highest BCUT2D eigenvalue weighted by Crippen LogP contribution is 2.29. The van der Waals surface area contributed by atoms with Gasteiger partial charge in [-0.2, -0.15) is 0 Å². The number of rotatable bonds is 7. The number of nitrogens with one attached hydrogen (secondary N) is 1. The molecule has 8 nitrogen and oxygen atoms in total. The number of anilines is 1. The minimum atomic E-state index is -0.497. The van der Waals surface area contributed by atoms with E-state index in [4.69, 9.17) is 4.74 Å². The van der Waals surface area contributed by atoms with Crippen LogP contribution in [0.15, 0.2) is 40.1 Å². The molecule has 2 aromatic heterocycles. The van der Waals surface area contributed by atoms with Crippen molar-refractivity contribution in [2.24, 2.45) is 14.1 Å². The van der Waals surface area contributed by atoms with Gasteiger partial charge in [-0.3, -0.25) is 18.7 Å². The maximum Gasteiger partial charge on any atom is 0.332 e. The van der Waals surface area contributed by atoms with Crippen LogP contribution in [0.4, 0.5) is 5.69 Å². The summed E-state index contributed by atoms with van der Waals surface area (Å²) in [5, 5.41) is 3.10. The summed E-state index contributed by atoms with van der Waals surface area (Å²) in [6, 6.07) is 6.87. The highest BCUT2D eigenvalue weighted by Gasteiger charge is 2.20. The smallest absolute Gasteiger partial charge is 0.332 e. The fourth-order valence-electron chi connectivity index (χ4n) is 3.34. The predicted molar refractivity (Wildman–Crippen MR) is 121 cm³/mol. The van der Waals surface area contributed by atoms with Gasteiger partial charge in [0.15, 0.2) is 5.65 Å². The highest BCUT2D eigenvalue weighted by molar-refractivity contribution is 6.09. The van der Waals surface area contributed by atoms with Crippen LogP contribution in [0.2, 0.25) is 0 Å². The first kappa shape index (κ1) is 22.3. The van der Waals surface area contributed by atoms with E-state index in [0.717, 1.165) is 23.0 Å². The van der Waals surface area contributed by atoms with Gasteiger partial charge in [-0.15, -0.1) is 0 Å². The molecule has 0 atom stereocenters. The zero-order valence-electron chi connectivity index (χ0n) is 18.6. The van der Waals surface area contributed by atoms with Crippen molar-refractivity contribution in [3.63, 3.8) is 0 Å². The van der Waals surface area contributed by atoms with Crippen molar-refractivity contribution in [2.45, 2.75) is 39.5 Å². The van der Waals surface area contributed by atoms with E-state index in [1.807, 2.05) is 13.8 Å². The number of fused-ring (bicyclic) bond motifs is 1. The second-order valence-electron chi connectivity index (χ2n) is 7.83. The minimum Gasteiger partial charge on any atom is -0.494 e. The Hall–Kier alpha value is -3.42. The molecule has 2 heterocycles. The Bertz CT molecular complexity index is 1220. The van der Waals surface area contributed by atoms with Crippen LogP contribution in [-0.2, 0) is 14.1 Å². The molecular formula is C23H28N4O4. The molecule has 0 unspecified atom stereocenters. The Morgan fingerprint density at radius 1 is 1.13 bits per heavy atom. The van der Waals surface area contributed by atoms with Crippen LogP contribution in [0, 0.1) is 0 Å². The molecule has 0 radical (unpaired) electrons. The summed E-state index contributed by atoms with van der Waals surface area (Å²) in [6.07, 6.45) is 3.61. The van der Waals surface area contributed by atoms with E-state index in [-0.39, 0.29) is 22.9 Å². The monoisotopic (exact) mass is 424 g/mol. The summed E-state index contributed by atoms with van der Waals surface area (Å²) in [5.41, 5.74) is 0.790. The molecule has 0 saturated carbocycles. The molecule has 8 heteroatoms. The fourth-order valence-corrected chi connectivity index (χ4v) is 3.34. The fraction of sp³-hybridized carbons (Fsp3) is 0.391. The number of aryl methyl sites for hydroxylation is 1. The summed E-state index contributed by atoms with van der Waals surface area (Å²) >= 11 is 0. The van der Waals surface area contributed by atoms with Gasteiger partial charge in [0.2, 0.25) is 0 Å². The van der Waals surface area contributed by atoms with Crippen LogP contribution >= 0.6 is 0 Å². The molecule has 3 rings (SSSR count). The summed E-state index contributed by atoms with van der Waals surface area (Å²) in [6.45, 7) is 6.63. The number of nitrogens with zero attached hydrogens (tertiary/aromatic N) is 3. The lowest BCUT2D eigenvalue weighted by atomic mass is 10.0. The van der Waals surface area contributed by atoms with Crippen molar-refractivity contribution in [1.82, 2.24) is 14.1 Å². The normalized spacial score (nSPS) is 11.2. The molecule has 3 aromatic rings. The van der Waals surface area contributed by atoms with Crippen molar-refractivity contribution in [3.05, 3.63) is 62.4 Å². The van der Waals surface area contributed by atoms with Gasteiger partial charge in [0.1, 0.15) is 11.1 Å². The van der Waals surface area contributed by atoms with Gasteiger partial charge < -0.3 is 10.1 Å². The number of benzene rings is 1. The van der Waals surface area contributed by atoms with Crippen molar-refractivity contribution >= 4 is 22.6 Å². The Morgan fingerprint density at radius 3 is 2.42 bits per heavy atom. The Labute approximate surface area is 180 Å². The number of hydrogen-bond acceptors (Lipinski definition) is 5. The lowest BCUT2D eigenvalue weighted by Crippen LogP contribution is -2.38. The lowest BCUT2D eigenvalue weighted by molar-refractivity contribution is 0.102. The largest absolute Gasteiger partial charge is 0.494 e. The van der Waals surface area contributed by atoms with Crippen LogP contribution in [-0.4, -0.2) is 26.6 Å². The number of carbonyl (C=O) groups excluding carboxylic acids is 1. The van der Waals surface area contributed by atoms with E-state index in [1.165, 1.54) is 11.6 Å². The second-order valence-corrected chi connectivity index (χ2v) is 7.83. The van der Waals surface area contributed by atoms with Crippen LogP contribution in [0.25, 0.3) is 11.0 Å². The van der Waals surface area contributed by atoms with Crippen molar-refractivity contribution < 1.29 is 9.53 Å². The van der Waals surface area contributed by atoms with Gasteiger partial charge in [-0.05, 0) is 42.2 Å². The van der Waals surface area contributed by atoms with Crippen LogP contribution in [0.5, 0.6) is 5.75 Å². The summed E-state index contributed by atoms with van der Waals surface area (Å²) in [7, 11) is 2.96. The predicted octanol–water partition coefficient (Wildman–Crippen LogP) is 3.19. The van der Waals surface area contributed by atoms with E-state index < -0.39 is 11.2 Å². The minimum absolute atomic E-state index is 0.00322. The van der Waals surface area contributed by atoms with Crippen molar-refractivity contribution in [1.29, 1.82) is 0 Å². The molecule has 1 amide bonds. The molecular weight excluding hydrogens is 396 g/mol. The zero-order valence-corrected chi connectivity index (χ0v) is 18.6. The standard InChI is InChI=1S/C23H28N4O4/c1-6-7-12-31-16-10-8-15(9-11-16)21(28)25-19-17(14(2)3)13-24-20-18(19)22(29)27(5)23(30)26(20)4/h8-11,13-14H,6-7,12H2,1-5H3,(H,24,25,28). The average molecular weight is 425 g/mol. The van der Waals surface area contributed by atoms with Crippen LogP contribution < -0.4 is 21.3 Å². The van der Waals surface area contributed by atoms with Crippen molar-refractivity contribution in [3.8, 4) is 5.75 Å². The number of carbonyl (C=O) groups is 1. The van der Waals surface area contributed by atoms with Gasteiger partial charge in [-0.1, -0.05) is 27.2 Å². The third-order valence-corrected chi connectivity index (χ3v) is 5.24. The average Bonchev–Trinajstić information content (AvgIpc) is 2.76. The van der Waals surface area contributed by atoms with Crippen LogP contribution in [0.1, 0.15) is 55.5 Å². The van der Waals surface area contributed by atoms with Crippen LogP contribution in [0.3, 0.4) is 0 Å². The molecule has 31 heavy (non-hydrogen) atoms. The van der Waals surface area contributed by atoms with Gasteiger partial charge >= 0.3 is 5.69 Å².